The minimum absolute atomic E-state index is 0.438. The minimum atomic E-state index is -1.35. The second-order valence-corrected chi connectivity index (χ2v) is 5.30. The van der Waals surface area contributed by atoms with Gasteiger partial charge < -0.3 is 15.1 Å². The molecule has 0 spiro atoms. The second-order valence-electron chi connectivity index (χ2n) is 5.30. The zero-order valence-electron chi connectivity index (χ0n) is 11.3. The zero-order valence-corrected chi connectivity index (χ0v) is 11.3. The van der Waals surface area contributed by atoms with E-state index in [0.29, 0.717) is 5.56 Å². The van der Waals surface area contributed by atoms with Gasteiger partial charge in [0.05, 0.1) is 0 Å². The number of carboxylic acids is 1. The second kappa shape index (κ2) is 5.84. The van der Waals surface area contributed by atoms with Crippen molar-refractivity contribution in [2.24, 2.45) is 0 Å². The van der Waals surface area contributed by atoms with Gasteiger partial charge in [-0.3, -0.25) is 9.59 Å². The van der Waals surface area contributed by atoms with Gasteiger partial charge in [-0.1, -0.05) is 30.3 Å². The van der Waals surface area contributed by atoms with Crippen LogP contribution in [0.15, 0.2) is 30.3 Å². The van der Waals surface area contributed by atoms with Gasteiger partial charge in [0.1, 0.15) is 6.54 Å². The van der Waals surface area contributed by atoms with Gasteiger partial charge in [0.25, 0.3) is 5.91 Å². The summed E-state index contributed by atoms with van der Waals surface area (Å²) in [5.41, 5.74) is -0.224. The lowest BCUT2D eigenvalue weighted by atomic mass is 10.0. The standard InChI is InChI=1S/C14H19NO4/c1-14(2,3)15(9-11(16)17)13(19)12(18)10-7-5-4-6-8-10/h4-8,12,18H,9H2,1-3H3,(H,16,17). The number of carbonyl (C=O) groups excluding carboxylic acids is 1. The Morgan fingerprint density at radius 1 is 1.21 bits per heavy atom. The molecule has 1 aromatic carbocycles. The lowest BCUT2D eigenvalue weighted by Crippen LogP contribution is -2.50. The summed E-state index contributed by atoms with van der Waals surface area (Å²) in [7, 11) is 0. The third kappa shape index (κ3) is 4.06. The number of nitrogens with zero attached hydrogens (tertiary/aromatic N) is 1. The van der Waals surface area contributed by atoms with Gasteiger partial charge in [-0.25, -0.2) is 0 Å². The number of benzene rings is 1. The molecular formula is C14H19NO4. The smallest absolute Gasteiger partial charge is 0.323 e. The summed E-state index contributed by atoms with van der Waals surface area (Å²) >= 11 is 0. The van der Waals surface area contributed by atoms with Gasteiger partial charge in [-0.2, -0.15) is 0 Å². The number of carbonyl (C=O) groups is 2. The van der Waals surface area contributed by atoms with Crippen LogP contribution in [0.2, 0.25) is 0 Å². The molecule has 1 amide bonds. The summed E-state index contributed by atoms with van der Waals surface area (Å²) in [5, 5.41) is 18.9. The first-order valence-corrected chi connectivity index (χ1v) is 6.00. The predicted molar refractivity (Wildman–Crippen MR) is 70.5 cm³/mol. The highest BCUT2D eigenvalue weighted by Gasteiger charge is 2.32. The Labute approximate surface area is 112 Å². The molecule has 0 saturated heterocycles. The van der Waals surface area contributed by atoms with Crippen molar-refractivity contribution in [3.63, 3.8) is 0 Å². The van der Waals surface area contributed by atoms with Crippen LogP contribution in [-0.2, 0) is 9.59 Å². The molecule has 5 heteroatoms. The van der Waals surface area contributed by atoms with Gasteiger partial charge in [0, 0.05) is 5.54 Å². The Hall–Kier alpha value is -1.88. The first kappa shape index (κ1) is 15.2. The van der Waals surface area contributed by atoms with Crippen LogP contribution in [0, 0.1) is 0 Å². The molecule has 0 saturated carbocycles. The number of aliphatic hydroxyl groups excluding tert-OH is 1. The highest BCUT2D eigenvalue weighted by Crippen LogP contribution is 2.21. The summed E-state index contributed by atoms with van der Waals surface area (Å²) in [5.74, 6) is -1.72. The topological polar surface area (TPSA) is 77.8 Å². The molecule has 1 atom stereocenters. The van der Waals surface area contributed by atoms with E-state index in [1.54, 1.807) is 51.1 Å². The van der Waals surface area contributed by atoms with E-state index in [0.717, 1.165) is 4.90 Å². The van der Waals surface area contributed by atoms with Crippen molar-refractivity contribution in [3.8, 4) is 0 Å². The number of hydrogen-bond acceptors (Lipinski definition) is 3. The molecule has 1 rings (SSSR count). The van der Waals surface area contributed by atoms with E-state index in [-0.39, 0.29) is 0 Å². The summed E-state index contributed by atoms with van der Waals surface area (Å²) in [6.45, 7) is 4.74. The van der Waals surface area contributed by atoms with Crippen molar-refractivity contribution in [3.05, 3.63) is 35.9 Å². The average molecular weight is 265 g/mol. The molecule has 19 heavy (non-hydrogen) atoms. The van der Waals surface area contributed by atoms with Gasteiger partial charge >= 0.3 is 5.97 Å². The highest BCUT2D eigenvalue weighted by molar-refractivity contribution is 5.86. The van der Waals surface area contributed by atoms with E-state index < -0.39 is 30.1 Å². The van der Waals surface area contributed by atoms with E-state index in [2.05, 4.69) is 0 Å². The van der Waals surface area contributed by atoms with Crippen LogP contribution in [0.1, 0.15) is 32.4 Å². The fourth-order valence-electron chi connectivity index (χ4n) is 1.71. The van der Waals surface area contributed by atoms with Crippen molar-refractivity contribution < 1.29 is 19.8 Å². The molecule has 1 unspecified atom stereocenters. The van der Waals surface area contributed by atoms with E-state index in [9.17, 15) is 14.7 Å². The fourth-order valence-corrected chi connectivity index (χ4v) is 1.71. The van der Waals surface area contributed by atoms with Crippen LogP contribution in [0.5, 0.6) is 0 Å². The Balaban J connectivity index is 2.97. The van der Waals surface area contributed by atoms with Crippen LogP contribution in [0.3, 0.4) is 0 Å². The van der Waals surface area contributed by atoms with Crippen molar-refractivity contribution >= 4 is 11.9 Å². The lowest BCUT2D eigenvalue weighted by molar-refractivity contribution is -0.153. The molecule has 0 aliphatic rings. The SMILES string of the molecule is CC(C)(C)N(CC(=O)O)C(=O)C(O)c1ccccc1. The number of carboxylic acid groups (broad SMARTS) is 1. The Kier molecular flexibility index (Phi) is 4.67. The van der Waals surface area contributed by atoms with Gasteiger partial charge in [-0.05, 0) is 26.3 Å². The maximum atomic E-state index is 12.2. The van der Waals surface area contributed by atoms with Gasteiger partial charge in [0.15, 0.2) is 6.10 Å². The molecule has 104 valence electrons. The summed E-state index contributed by atoms with van der Waals surface area (Å²) in [6.07, 6.45) is -1.35. The van der Waals surface area contributed by atoms with E-state index in [4.69, 9.17) is 5.11 Å². The van der Waals surface area contributed by atoms with Crippen molar-refractivity contribution in [1.29, 1.82) is 0 Å². The summed E-state index contributed by atoms with van der Waals surface area (Å²) < 4.78 is 0. The lowest BCUT2D eigenvalue weighted by Gasteiger charge is -2.35. The quantitative estimate of drug-likeness (QED) is 0.863. The zero-order chi connectivity index (χ0) is 14.6. The first-order chi connectivity index (χ1) is 8.73. The monoisotopic (exact) mass is 265 g/mol. The molecule has 0 aliphatic heterocycles. The maximum absolute atomic E-state index is 12.2. The normalized spacial score (nSPS) is 12.8. The van der Waals surface area contributed by atoms with Crippen LogP contribution >= 0.6 is 0 Å². The Morgan fingerprint density at radius 3 is 2.16 bits per heavy atom. The molecule has 2 N–H and O–H groups in total. The van der Waals surface area contributed by atoms with Crippen LogP contribution in [-0.4, -0.2) is 39.1 Å². The molecule has 5 nitrogen and oxygen atoms in total. The molecular weight excluding hydrogens is 246 g/mol. The molecule has 0 radical (unpaired) electrons. The van der Waals surface area contributed by atoms with Crippen molar-refractivity contribution in [2.75, 3.05) is 6.54 Å². The Bertz CT molecular complexity index is 450. The molecule has 0 heterocycles. The summed E-state index contributed by atoms with van der Waals surface area (Å²) in [4.78, 5) is 24.2. The minimum Gasteiger partial charge on any atom is -0.480 e. The largest absolute Gasteiger partial charge is 0.480 e. The number of aliphatic hydroxyl groups is 1. The fraction of sp³-hybridized carbons (Fsp3) is 0.429. The molecule has 0 aromatic heterocycles. The third-order valence-electron chi connectivity index (χ3n) is 2.72. The Morgan fingerprint density at radius 2 is 1.74 bits per heavy atom. The van der Waals surface area contributed by atoms with E-state index >= 15 is 0 Å². The number of amides is 1. The molecule has 0 aliphatic carbocycles. The van der Waals surface area contributed by atoms with E-state index in [1.165, 1.54) is 0 Å². The highest BCUT2D eigenvalue weighted by atomic mass is 16.4. The number of aliphatic carboxylic acids is 1. The van der Waals surface area contributed by atoms with Crippen molar-refractivity contribution in [1.82, 2.24) is 4.90 Å². The van der Waals surface area contributed by atoms with Crippen LogP contribution in [0.25, 0.3) is 0 Å². The maximum Gasteiger partial charge on any atom is 0.323 e. The number of hydrogen-bond donors (Lipinski definition) is 2. The molecule has 1 aromatic rings. The van der Waals surface area contributed by atoms with Crippen LogP contribution in [0.4, 0.5) is 0 Å². The van der Waals surface area contributed by atoms with Gasteiger partial charge in [-0.15, -0.1) is 0 Å². The van der Waals surface area contributed by atoms with E-state index in [1.807, 2.05) is 0 Å². The molecule has 0 bridgehead atoms. The first-order valence-electron chi connectivity index (χ1n) is 6.00. The predicted octanol–water partition coefficient (Wildman–Crippen LogP) is 1.43. The van der Waals surface area contributed by atoms with Gasteiger partial charge in [0.2, 0.25) is 0 Å². The average Bonchev–Trinajstić information content (AvgIpc) is 2.34. The number of rotatable bonds is 4. The van der Waals surface area contributed by atoms with Crippen molar-refractivity contribution in [2.45, 2.75) is 32.4 Å². The summed E-state index contributed by atoms with van der Waals surface area (Å²) in [6, 6.07) is 8.46. The third-order valence-corrected chi connectivity index (χ3v) is 2.72. The molecule has 0 fully saturated rings. The van der Waals surface area contributed by atoms with Crippen LogP contribution < -0.4 is 0 Å².